The normalized spacial score (nSPS) is 15.9. The van der Waals surface area contributed by atoms with Crippen LogP contribution < -0.4 is 10.1 Å². The van der Waals surface area contributed by atoms with Crippen molar-refractivity contribution >= 4 is 35.2 Å². The van der Waals surface area contributed by atoms with Crippen LogP contribution in [0.1, 0.15) is 11.3 Å². The first-order chi connectivity index (χ1) is 13.0. The van der Waals surface area contributed by atoms with E-state index in [1.54, 1.807) is 24.1 Å². The second-order valence-electron chi connectivity index (χ2n) is 5.82. The summed E-state index contributed by atoms with van der Waals surface area (Å²) >= 11 is 5.05. The number of amides is 2. The molecule has 0 radical (unpaired) electrons. The van der Waals surface area contributed by atoms with E-state index in [0.29, 0.717) is 5.56 Å². The lowest BCUT2D eigenvalue weighted by molar-refractivity contribution is -0.128. The Kier molecular flexibility index (Phi) is 5.18. The summed E-state index contributed by atoms with van der Waals surface area (Å²) in [4.78, 5) is 26.2. The van der Waals surface area contributed by atoms with E-state index in [9.17, 15) is 9.59 Å². The van der Waals surface area contributed by atoms with Gasteiger partial charge < -0.3 is 4.74 Å². The maximum Gasteiger partial charge on any atom is 0.265 e. The fourth-order valence-corrected chi connectivity index (χ4v) is 2.94. The van der Waals surface area contributed by atoms with Crippen molar-refractivity contribution in [1.82, 2.24) is 20.0 Å². The van der Waals surface area contributed by atoms with Gasteiger partial charge in [-0.1, -0.05) is 6.08 Å². The molecule has 1 N–H and O–H groups in total. The Morgan fingerprint density at radius 1 is 1.30 bits per heavy atom. The summed E-state index contributed by atoms with van der Waals surface area (Å²) in [5, 5.41) is 6.96. The summed E-state index contributed by atoms with van der Waals surface area (Å²) in [5.74, 6) is -0.240. The lowest BCUT2D eigenvalue weighted by Crippen LogP contribution is -2.53. The number of benzene rings is 1. The van der Waals surface area contributed by atoms with E-state index in [0.717, 1.165) is 17.1 Å². The summed E-state index contributed by atoms with van der Waals surface area (Å²) in [6.45, 7) is 5.69. The molecule has 0 saturated carbocycles. The SMILES string of the molecule is C=CCN1C(=O)C(=Cc2cnn(-c3ccc(OC)cc3)c2C)C(=O)NC1=S. The van der Waals surface area contributed by atoms with Crippen molar-refractivity contribution in [3.63, 3.8) is 0 Å². The van der Waals surface area contributed by atoms with Gasteiger partial charge in [0.1, 0.15) is 11.3 Å². The Hall–Kier alpha value is -3.26. The summed E-state index contributed by atoms with van der Waals surface area (Å²) in [6, 6.07) is 7.42. The number of carbonyl (C=O) groups is 2. The summed E-state index contributed by atoms with van der Waals surface area (Å²) in [7, 11) is 1.60. The van der Waals surface area contributed by atoms with Crippen LogP contribution >= 0.6 is 12.2 Å². The van der Waals surface area contributed by atoms with Crippen molar-refractivity contribution in [1.29, 1.82) is 0 Å². The molecule has 2 aromatic rings. The molecule has 8 heteroatoms. The molecule has 1 aliphatic heterocycles. The highest BCUT2D eigenvalue weighted by Crippen LogP contribution is 2.21. The van der Waals surface area contributed by atoms with Crippen molar-refractivity contribution in [3.05, 3.63) is 59.9 Å². The Morgan fingerprint density at radius 2 is 2.00 bits per heavy atom. The summed E-state index contributed by atoms with van der Waals surface area (Å²) in [5.41, 5.74) is 2.29. The molecule has 2 heterocycles. The quantitative estimate of drug-likeness (QED) is 0.370. The molecule has 0 bridgehead atoms. The number of methoxy groups -OCH3 is 1. The van der Waals surface area contributed by atoms with Crippen molar-refractivity contribution in [3.8, 4) is 11.4 Å². The second kappa shape index (κ2) is 7.55. The lowest BCUT2D eigenvalue weighted by atomic mass is 10.1. The molecule has 0 spiro atoms. The van der Waals surface area contributed by atoms with E-state index >= 15 is 0 Å². The number of ether oxygens (including phenoxy) is 1. The van der Waals surface area contributed by atoms with Crippen LogP contribution in [0.15, 0.2) is 48.7 Å². The average Bonchev–Trinajstić information content (AvgIpc) is 3.02. The smallest absolute Gasteiger partial charge is 0.265 e. The highest BCUT2D eigenvalue weighted by atomic mass is 32.1. The molecular formula is C19H18N4O3S. The van der Waals surface area contributed by atoms with Crippen LogP contribution in [-0.4, -0.2) is 45.3 Å². The van der Waals surface area contributed by atoms with E-state index in [2.05, 4.69) is 17.0 Å². The van der Waals surface area contributed by atoms with Crippen molar-refractivity contribution in [2.24, 2.45) is 0 Å². The molecule has 7 nitrogen and oxygen atoms in total. The second-order valence-corrected chi connectivity index (χ2v) is 6.20. The third-order valence-corrected chi connectivity index (χ3v) is 4.48. The van der Waals surface area contributed by atoms with Crippen LogP contribution in [0.5, 0.6) is 5.75 Å². The Morgan fingerprint density at radius 3 is 2.63 bits per heavy atom. The number of thiocarbonyl (C=S) groups is 1. The maximum absolute atomic E-state index is 12.6. The molecule has 27 heavy (non-hydrogen) atoms. The zero-order valence-electron chi connectivity index (χ0n) is 14.9. The van der Waals surface area contributed by atoms with E-state index < -0.39 is 11.8 Å². The lowest BCUT2D eigenvalue weighted by Gasteiger charge is -2.27. The number of hydrogen-bond donors (Lipinski definition) is 1. The monoisotopic (exact) mass is 382 g/mol. The van der Waals surface area contributed by atoms with Gasteiger partial charge in [-0.2, -0.15) is 5.10 Å². The van der Waals surface area contributed by atoms with E-state index in [1.165, 1.54) is 11.0 Å². The molecule has 1 fully saturated rings. The number of nitrogens with zero attached hydrogens (tertiary/aromatic N) is 3. The number of rotatable bonds is 5. The summed E-state index contributed by atoms with van der Waals surface area (Å²) < 4.78 is 6.89. The standard InChI is InChI=1S/C19H18N4O3S/c1-4-9-22-18(25)16(17(24)21-19(22)27)10-13-11-20-23(12(13)2)14-5-7-15(26-3)8-6-14/h4-8,10-11H,1,9H2,2-3H3,(H,21,24,27). The van der Waals surface area contributed by atoms with E-state index in [-0.39, 0.29) is 17.2 Å². The Balaban J connectivity index is 1.95. The van der Waals surface area contributed by atoms with Crippen molar-refractivity contribution < 1.29 is 14.3 Å². The molecule has 138 valence electrons. The van der Waals surface area contributed by atoms with Gasteiger partial charge in [-0.05, 0) is 49.5 Å². The third kappa shape index (κ3) is 3.52. The fraction of sp³-hybridized carbons (Fsp3) is 0.158. The number of hydrogen-bond acceptors (Lipinski definition) is 5. The highest BCUT2D eigenvalue weighted by molar-refractivity contribution is 7.80. The third-order valence-electron chi connectivity index (χ3n) is 4.16. The predicted molar refractivity (Wildman–Crippen MR) is 105 cm³/mol. The molecule has 1 aromatic heterocycles. The van der Waals surface area contributed by atoms with Crippen LogP contribution in [0.4, 0.5) is 0 Å². The fourth-order valence-electron chi connectivity index (χ4n) is 2.69. The minimum atomic E-state index is -0.526. The topological polar surface area (TPSA) is 76.5 Å². The van der Waals surface area contributed by atoms with Gasteiger partial charge in [-0.3, -0.25) is 19.8 Å². The van der Waals surface area contributed by atoms with Gasteiger partial charge in [0.05, 0.1) is 19.0 Å². The number of nitrogens with one attached hydrogen (secondary N) is 1. The van der Waals surface area contributed by atoms with Crippen LogP contribution in [0.2, 0.25) is 0 Å². The first-order valence-electron chi connectivity index (χ1n) is 8.15. The Labute approximate surface area is 161 Å². The van der Waals surface area contributed by atoms with Gasteiger partial charge in [0.25, 0.3) is 11.8 Å². The van der Waals surface area contributed by atoms with Crippen LogP contribution in [0.3, 0.4) is 0 Å². The molecule has 1 aromatic carbocycles. The number of aromatic nitrogens is 2. The zero-order valence-corrected chi connectivity index (χ0v) is 15.7. The molecule has 1 aliphatic rings. The van der Waals surface area contributed by atoms with Gasteiger partial charge in [0.15, 0.2) is 5.11 Å². The molecule has 1 saturated heterocycles. The largest absolute Gasteiger partial charge is 0.497 e. The highest BCUT2D eigenvalue weighted by Gasteiger charge is 2.32. The summed E-state index contributed by atoms with van der Waals surface area (Å²) in [6.07, 6.45) is 4.68. The Bertz CT molecular complexity index is 960. The first kappa shape index (κ1) is 18.5. The minimum absolute atomic E-state index is 0.00262. The van der Waals surface area contributed by atoms with Gasteiger partial charge in [0.2, 0.25) is 0 Å². The van der Waals surface area contributed by atoms with Crippen molar-refractivity contribution in [2.75, 3.05) is 13.7 Å². The van der Waals surface area contributed by atoms with Gasteiger partial charge >= 0.3 is 0 Å². The first-order valence-corrected chi connectivity index (χ1v) is 8.56. The molecule has 0 aliphatic carbocycles. The van der Waals surface area contributed by atoms with Crippen LogP contribution in [0.25, 0.3) is 11.8 Å². The average molecular weight is 382 g/mol. The maximum atomic E-state index is 12.6. The van der Waals surface area contributed by atoms with Gasteiger partial charge in [-0.15, -0.1) is 6.58 Å². The van der Waals surface area contributed by atoms with E-state index in [1.807, 2.05) is 31.2 Å². The van der Waals surface area contributed by atoms with E-state index in [4.69, 9.17) is 17.0 Å². The van der Waals surface area contributed by atoms with Crippen LogP contribution in [-0.2, 0) is 9.59 Å². The molecule has 0 atom stereocenters. The zero-order chi connectivity index (χ0) is 19.6. The van der Waals surface area contributed by atoms with Crippen molar-refractivity contribution in [2.45, 2.75) is 6.92 Å². The minimum Gasteiger partial charge on any atom is -0.497 e. The van der Waals surface area contributed by atoms with Gasteiger partial charge in [-0.25, -0.2) is 4.68 Å². The molecule has 2 amide bonds. The van der Waals surface area contributed by atoms with Gasteiger partial charge in [0, 0.05) is 17.8 Å². The molecular weight excluding hydrogens is 364 g/mol. The molecule has 3 rings (SSSR count). The number of carbonyl (C=O) groups excluding carboxylic acids is 2. The molecule has 0 unspecified atom stereocenters. The van der Waals surface area contributed by atoms with Crippen LogP contribution in [0, 0.1) is 6.92 Å². The predicted octanol–water partition coefficient (Wildman–Crippen LogP) is 2.00.